The summed E-state index contributed by atoms with van der Waals surface area (Å²) in [5.41, 5.74) is 4.04. The highest BCUT2D eigenvalue weighted by molar-refractivity contribution is 5.87. The zero-order valence-corrected chi connectivity index (χ0v) is 17.1. The summed E-state index contributed by atoms with van der Waals surface area (Å²) < 4.78 is 1.80. The molecule has 6 rings (SSSR count). The molecule has 1 amide bonds. The highest BCUT2D eigenvalue weighted by Crippen LogP contribution is 2.44. The van der Waals surface area contributed by atoms with Gasteiger partial charge in [-0.15, -0.1) is 10.2 Å². The second-order valence-electron chi connectivity index (χ2n) is 9.06. The van der Waals surface area contributed by atoms with Crippen LogP contribution >= 0.6 is 0 Å². The highest BCUT2D eigenvalue weighted by atomic mass is 16.2. The summed E-state index contributed by atoms with van der Waals surface area (Å²) in [4.78, 5) is 17.8. The number of rotatable bonds is 5. The van der Waals surface area contributed by atoms with Gasteiger partial charge in [0.15, 0.2) is 0 Å². The van der Waals surface area contributed by atoms with Crippen LogP contribution in [0.15, 0.2) is 42.7 Å². The largest absolute Gasteiger partial charge is 0.367 e. The number of nitrogens with zero attached hydrogens (tertiary/aromatic N) is 6. The van der Waals surface area contributed by atoms with Crippen LogP contribution in [0, 0.1) is 5.41 Å². The first-order chi connectivity index (χ1) is 14.7. The Balaban J connectivity index is 1.21. The van der Waals surface area contributed by atoms with Gasteiger partial charge in [0.25, 0.3) is 0 Å². The molecule has 1 unspecified atom stereocenters. The molecule has 1 saturated carbocycles. The minimum Gasteiger partial charge on any atom is -0.367 e. The lowest BCUT2D eigenvalue weighted by Gasteiger charge is -2.25. The van der Waals surface area contributed by atoms with E-state index in [9.17, 15) is 4.79 Å². The number of aromatic nitrogens is 4. The van der Waals surface area contributed by atoms with E-state index in [2.05, 4.69) is 55.4 Å². The summed E-state index contributed by atoms with van der Waals surface area (Å²) in [6.07, 6.45) is 6.87. The number of fused-ring (bicyclic) bond motifs is 1. The van der Waals surface area contributed by atoms with E-state index in [0.29, 0.717) is 11.8 Å². The van der Waals surface area contributed by atoms with E-state index in [4.69, 9.17) is 0 Å². The number of anilines is 1. The van der Waals surface area contributed by atoms with E-state index in [1.807, 2.05) is 6.07 Å². The molecule has 0 bridgehead atoms. The van der Waals surface area contributed by atoms with Crippen LogP contribution in [0.1, 0.15) is 42.9 Å². The molecular weight excluding hydrogens is 376 g/mol. The van der Waals surface area contributed by atoms with Gasteiger partial charge in [0, 0.05) is 32.1 Å². The number of carbonyl (C=O) groups excluding carboxylic acids is 1. The average molecular weight is 403 g/mol. The van der Waals surface area contributed by atoms with E-state index < -0.39 is 0 Å². The van der Waals surface area contributed by atoms with Gasteiger partial charge >= 0.3 is 0 Å². The summed E-state index contributed by atoms with van der Waals surface area (Å²) in [7, 11) is 0. The molecule has 3 aromatic rings. The Morgan fingerprint density at radius 1 is 1.10 bits per heavy atom. The van der Waals surface area contributed by atoms with Gasteiger partial charge in [0.2, 0.25) is 11.6 Å². The topological polar surface area (TPSA) is 66.6 Å². The number of likely N-dealkylation sites (tertiary alicyclic amines) is 1. The van der Waals surface area contributed by atoms with Gasteiger partial charge in [-0.25, -0.2) is 0 Å². The third kappa shape index (κ3) is 2.95. The molecule has 154 valence electrons. The standard InChI is InChI=1S/C23H26N6O/c30-22-23(9-12-27(22)11-8-17-4-2-1-3-5-17)10-13-28(15-23)20-14-19(18-6-7-18)26-29-16-24-25-21(20)29/h1-5,14,16,18H,6-13,15H2. The Morgan fingerprint density at radius 3 is 2.77 bits per heavy atom. The van der Waals surface area contributed by atoms with Crippen LogP contribution in [0.3, 0.4) is 0 Å². The van der Waals surface area contributed by atoms with E-state index in [1.54, 1.807) is 10.8 Å². The lowest BCUT2D eigenvalue weighted by Crippen LogP contribution is -2.37. The van der Waals surface area contributed by atoms with Gasteiger partial charge in [0.1, 0.15) is 6.33 Å². The Hall–Kier alpha value is -2.96. The maximum absolute atomic E-state index is 13.4. The second kappa shape index (κ2) is 6.79. The van der Waals surface area contributed by atoms with Crippen LogP contribution in [0.2, 0.25) is 0 Å². The first kappa shape index (κ1) is 17.9. The van der Waals surface area contributed by atoms with E-state index in [0.717, 1.165) is 62.5 Å². The van der Waals surface area contributed by atoms with Crippen LogP contribution in [0.25, 0.3) is 5.65 Å². The predicted molar refractivity (Wildman–Crippen MR) is 113 cm³/mol. The summed E-state index contributed by atoms with van der Waals surface area (Å²) in [5.74, 6) is 0.892. The molecule has 2 aliphatic heterocycles. The van der Waals surface area contributed by atoms with Crippen molar-refractivity contribution in [1.29, 1.82) is 0 Å². The number of hydrogen-bond donors (Lipinski definition) is 0. The molecule has 7 nitrogen and oxygen atoms in total. The molecule has 7 heteroatoms. The monoisotopic (exact) mass is 402 g/mol. The fourth-order valence-corrected chi connectivity index (χ4v) is 5.11. The molecule has 3 aliphatic rings. The van der Waals surface area contributed by atoms with Crippen molar-refractivity contribution in [2.24, 2.45) is 5.41 Å². The summed E-state index contributed by atoms with van der Waals surface area (Å²) in [6, 6.07) is 12.6. The first-order valence-electron chi connectivity index (χ1n) is 11.0. The SMILES string of the molecule is O=C1N(CCc2ccccc2)CCC12CCN(c1cc(C3CC3)nn3cnnc13)C2. The molecule has 30 heavy (non-hydrogen) atoms. The molecular formula is C23H26N6O. The van der Waals surface area contributed by atoms with Gasteiger partial charge in [-0.2, -0.15) is 9.61 Å². The normalized spacial score (nSPS) is 23.9. The van der Waals surface area contributed by atoms with E-state index in [-0.39, 0.29) is 5.41 Å². The van der Waals surface area contributed by atoms with Crippen molar-refractivity contribution < 1.29 is 4.79 Å². The fraction of sp³-hybridized carbons (Fsp3) is 0.478. The zero-order valence-electron chi connectivity index (χ0n) is 17.1. The molecule has 4 heterocycles. The molecule has 1 aromatic carbocycles. The lowest BCUT2D eigenvalue weighted by molar-refractivity contribution is -0.135. The molecule has 1 atom stereocenters. The van der Waals surface area contributed by atoms with Gasteiger partial charge in [-0.3, -0.25) is 4.79 Å². The van der Waals surface area contributed by atoms with Crippen LogP contribution in [-0.4, -0.2) is 56.8 Å². The van der Waals surface area contributed by atoms with Crippen molar-refractivity contribution in [3.8, 4) is 0 Å². The Kier molecular flexibility index (Phi) is 4.04. The minimum absolute atomic E-state index is 0.253. The second-order valence-corrected chi connectivity index (χ2v) is 9.06. The van der Waals surface area contributed by atoms with Crippen molar-refractivity contribution in [3.63, 3.8) is 0 Å². The van der Waals surface area contributed by atoms with Crippen LogP contribution in [0.5, 0.6) is 0 Å². The van der Waals surface area contributed by atoms with Crippen molar-refractivity contribution >= 4 is 17.2 Å². The third-order valence-electron chi connectivity index (χ3n) is 7.07. The molecule has 0 N–H and O–H groups in total. The molecule has 1 spiro atoms. The summed E-state index contributed by atoms with van der Waals surface area (Å²) in [6.45, 7) is 3.32. The maximum Gasteiger partial charge on any atom is 0.230 e. The van der Waals surface area contributed by atoms with Gasteiger partial charge < -0.3 is 9.80 Å². The van der Waals surface area contributed by atoms with Gasteiger partial charge in [-0.05, 0) is 43.7 Å². The number of amides is 1. The molecule has 3 fully saturated rings. The smallest absolute Gasteiger partial charge is 0.230 e. The third-order valence-corrected chi connectivity index (χ3v) is 7.07. The van der Waals surface area contributed by atoms with E-state index >= 15 is 0 Å². The Bertz CT molecular complexity index is 1090. The summed E-state index contributed by atoms with van der Waals surface area (Å²) >= 11 is 0. The average Bonchev–Trinajstić information content (AvgIpc) is 3.24. The molecule has 2 saturated heterocycles. The van der Waals surface area contributed by atoms with Crippen molar-refractivity contribution in [1.82, 2.24) is 24.7 Å². The van der Waals surface area contributed by atoms with Crippen LogP contribution < -0.4 is 4.90 Å². The number of carbonyl (C=O) groups is 1. The quantitative estimate of drug-likeness (QED) is 0.656. The minimum atomic E-state index is -0.253. The first-order valence-corrected chi connectivity index (χ1v) is 11.0. The number of benzene rings is 1. The highest BCUT2D eigenvalue weighted by Gasteiger charge is 2.51. The van der Waals surface area contributed by atoms with Gasteiger partial charge in [0.05, 0.1) is 16.8 Å². The predicted octanol–water partition coefficient (Wildman–Crippen LogP) is 2.67. The summed E-state index contributed by atoms with van der Waals surface area (Å²) in [5, 5.41) is 13.1. The van der Waals surface area contributed by atoms with Crippen molar-refractivity contribution in [2.45, 2.75) is 38.0 Å². The van der Waals surface area contributed by atoms with Gasteiger partial charge in [-0.1, -0.05) is 30.3 Å². The Labute approximate surface area is 175 Å². The lowest BCUT2D eigenvalue weighted by atomic mass is 9.85. The Morgan fingerprint density at radius 2 is 1.93 bits per heavy atom. The van der Waals surface area contributed by atoms with Crippen molar-refractivity contribution in [3.05, 3.63) is 54.0 Å². The zero-order chi connectivity index (χ0) is 20.1. The fourth-order valence-electron chi connectivity index (χ4n) is 5.11. The van der Waals surface area contributed by atoms with Crippen LogP contribution in [0.4, 0.5) is 5.69 Å². The molecule has 2 aromatic heterocycles. The number of hydrogen-bond acceptors (Lipinski definition) is 5. The van der Waals surface area contributed by atoms with Crippen LogP contribution in [-0.2, 0) is 11.2 Å². The molecule has 1 aliphatic carbocycles. The van der Waals surface area contributed by atoms with E-state index in [1.165, 1.54) is 18.4 Å². The molecule has 0 radical (unpaired) electrons. The maximum atomic E-state index is 13.4. The van der Waals surface area contributed by atoms with Crippen molar-refractivity contribution in [2.75, 3.05) is 31.1 Å².